The minimum atomic E-state index is -4.85. The highest BCUT2D eigenvalue weighted by Crippen LogP contribution is 2.41. The maximum atomic E-state index is 12.4. The summed E-state index contributed by atoms with van der Waals surface area (Å²) in [7, 11) is -3.32. The molecular weight excluding hydrogens is 487 g/mol. The summed E-state index contributed by atoms with van der Waals surface area (Å²) < 4.78 is 70.4. The van der Waals surface area contributed by atoms with Gasteiger partial charge in [-0.2, -0.15) is 4.99 Å². The van der Waals surface area contributed by atoms with Gasteiger partial charge in [-0.25, -0.2) is 13.2 Å². The van der Waals surface area contributed by atoms with Crippen LogP contribution in [0.3, 0.4) is 0 Å². The van der Waals surface area contributed by atoms with Gasteiger partial charge in [0, 0.05) is 10.9 Å². The van der Waals surface area contributed by atoms with Crippen LogP contribution < -0.4 is 15.0 Å². The van der Waals surface area contributed by atoms with Crippen LogP contribution in [0.25, 0.3) is 0 Å². The molecule has 0 aliphatic carbocycles. The minimum Gasteiger partial charge on any atom is -0.444 e. The van der Waals surface area contributed by atoms with E-state index in [1.807, 2.05) is 0 Å². The van der Waals surface area contributed by atoms with Crippen LogP contribution in [0.15, 0.2) is 29.3 Å². The Kier molecular flexibility index (Phi) is 6.89. The molecule has 2 aliphatic rings. The molecule has 2 saturated heterocycles. The van der Waals surface area contributed by atoms with Crippen LogP contribution in [-0.4, -0.2) is 66.9 Å². The molecule has 1 aromatic carbocycles. The molecule has 2 fully saturated rings. The molecule has 1 aromatic rings. The van der Waals surface area contributed by atoms with Crippen LogP contribution in [0.5, 0.6) is 5.75 Å². The van der Waals surface area contributed by atoms with Crippen molar-refractivity contribution >= 4 is 44.5 Å². The van der Waals surface area contributed by atoms with Gasteiger partial charge in [0.05, 0.1) is 17.5 Å². The van der Waals surface area contributed by atoms with Gasteiger partial charge in [0.15, 0.2) is 15.0 Å². The fourth-order valence-corrected chi connectivity index (χ4v) is 7.21. The number of hydrogen-bond acceptors (Lipinski definition) is 7. The number of ether oxygens (including phenoxy) is 2. The number of alkyl carbamates (subject to hydrolysis) is 1. The zero-order valence-electron chi connectivity index (χ0n) is 17.9. The number of amidine groups is 1. The van der Waals surface area contributed by atoms with Crippen LogP contribution in [0.2, 0.25) is 0 Å². The van der Waals surface area contributed by atoms with Gasteiger partial charge in [0.1, 0.15) is 17.9 Å². The summed E-state index contributed by atoms with van der Waals surface area (Å²) in [5.41, 5.74) is -0.393. The molecule has 0 radical (unpaired) electrons. The molecule has 0 bridgehead atoms. The Morgan fingerprint density at radius 1 is 1.18 bits per heavy atom. The van der Waals surface area contributed by atoms with E-state index >= 15 is 0 Å². The number of aliphatic imine (C=N–C) groups is 1. The number of benzene rings is 1. The second-order valence-corrected chi connectivity index (χ2v) is 11.7. The first-order valence-electron chi connectivity index (χ1n) is 9.72. The third-order valence-corrected chi connectivity index (χ3v) is 7.63. The first-order chi connectivity index (χ1) is 15.1. The van der Waals surface area contributed by atoms with E-state index in [-0.39, 0.29) is 16.7 Å². The molecule has 9 nitrogen and oxygen atoms in total. The molecule has 2 atom stereocenters. The molecular formula is C19H22F3N3O6S2. The van der Waals surface area contributed by atoms with Crippen LogP contribution in [0.4, 0.5) is 23.7 Å². The summed E-state index contributed by atoms with van der Waals surface area (Å²) in [5.74, 6) is -1.44. The Balaban J connectivity index is 1.79. The van der Waals surface area contributed by atoms with Gasteiger partial charge in [-0.15, -0.1) is 13.2 Å². The highest BCUT2D eigenvalue weighted by atomic mass is 32.2. The summed E-state index contributed by atoms with van der Waals surface area (Å²) in [5, 5.41) is 2.09. The van der Waals surface area contributed by atoms with Crippen LogP contribution in [0.1, 0.15) is 20.8 Å². The van der Waals surface area contributed by atoms with Crippen LogP contribution >= 0.6 is 11.8 Å². The summed E-state index contributed by atoms with van der Waals surface area (Å²) >= 11 is 1.09. The van der Waals surface area contributed by atoms with E-state index in [0.29, 0.717) is 5.69 Å². The fourth-order valence-electron chi connectivity index (χ4n) is 3.28. The number of alkyl halides is 3. The molecule has 2 amide bonds. The number of nitrogens with zero attached hydrogens (tertiary/aromatic N) is 2. The maximum Gasteiger partial charge on any atom is 0.573 e. The van der Waals surface area contributed by atoms with Crippen molar-refractivity contribution < 1.29 is 40.7 Å². The zero-order chi connectivity index (χ0) is 24.6. The summed E-state index contributed by atoms with van der Waals surface area (Å²) in [4.78, 5) is 29.6. The lowest BCUT2D eigenvalue weighted by Crippen LogP contribution is -2.38. The Bertz CT molecular complexity index is 1050. The van der Waals surface area contributed by atoms with E-state index in [9.17, 15) is 31.2 Å². The number of thioether (sulfide) groups is 1. The second-order valence-electron chi connectivity index (χ2n) is 8.36. The third kappa shape index (κ3) is 7.00. The quantitative estimate of drug-likeness (QED) is 0.659. The van der Waals surface area contributed by atoms with Gasteiger partial charge in [-0.05, 0) is 45.0 Å². The largest absolute Gasteiger partial charge is 0.573 e. The molecule has 2 heterocycles. The van der Waals surface area contributed by atoms with Crippen molar-refractivity contribution in [1.82, 2.24) is 5.32 Å². The smallest absolute Gasteiger partial charge is 0.444 e. The highest BCUT2D eigenvalue weighted by Gasteiger charge is 2.49. The lowest BCUT2D eigenvalue weighted by Gasteiger charge is -2.24. The van der Waals surface area contributed by atoms with Gasteiger partial charge in [-0.3, -0.25) is 4.79 Å². The number of amides is 2. The Hall–Kier alpha value is -2.48. The lowest BCUT2D eigenvalue weighted by molar-refractivity contribution is -0.274. The van der Waals surface area contributed by atoms with Crippen LogP contribution in [-0.2, 0) is 19.4 Å². The second kappa shape index (κ2) is 9.05. The number of sulfone groups is 1. The molecule has 0 unspecified atom stereocenters. The fraction of sp³-hybridized carbons (Fsp3) is 0.526. The molecule has 0 saturated carbocycles. The van der Waals surface area contributed by atoms with E-state index < -0.39 is 57.4 Å². The predicted molar refractivity (Wildman–Crippen MR) is 116 cm³/mol. The van der Waals surface area contributed by atoms with Gasteiger partial charge >= 0.3 is 12.5 Å². The summed E-state index contributed by atoms with van der Waals surface area (Å²) in [6.07, 6.45) is -5.65. The summed E-state index contributed by atoms with van der Waals surface area (Å²) in [6, 6.07) is 4.29. The van der Waals surface area contributed by atoms with Crippen molar-refractivity contribution in [3.05, 3.63) is 24.3 Å². The predicted octanol–water partition coefficient (Wildman–Crippen LogP) is 2.71. The normalized spacial score (nSPS) is 23.3. The average Bonchev–Trinajstić information content (AvgIpc) is 3.09. The standard InChI is InChI=1S/C19H22F3N3O6S2/c1-18(2,3)31-17(27)23-8-15(26)24-16-25(13-9-33(28,29)10-14(13)32-16)11-4-6-12(7-5-11)30-19(20,21)22/h4-7,13-14H,8-10H2,1-3H3,(H,23,27)/t13-,14+/m1/s1. The third-order valence-electron chi connectivity index (χ3n) is 4.42. The molecule has 3 rings (SSSR count). The molecule has 0 aromatic heterocycles. The number of anilines is 1. The van der Waals surface area contributed by atoms with Crippen molar-refractivity contribution in [3.63, 3.8) is 0 Å². The molecule has 2 aliphatic heterocycles. The molecule has 33 heavy (non-hydrogen) atoms. The number of carbonyl (C=O) groups excluding carboxylic acids is 2. The first kappa shape index (κ1) is 25.1. The van der Waals surface area contributed by atoms with Crippen molar-refractivity contribution in [3.8, 4) is 5.75 Å². The molecule has 182 valence electrons. The lowest BCUT2D eigenvalue weighted by atomic mass is 10.2. The monoisotopic (exact) mass is 509 g/mol. The van der Waals surface area contributed by atoms with E-state index in [2.05, 4.69) is 15.0 Å². The number of fused-ring (bicyclic) bond motifs is 1. The summed E-state index contributed by atoms with van der Waals surface area (Å²) in [6.45, 7) is 4.55. The maximum absolute atomic E-state index is 12.4. The van der Waals surface area contributed by atoms with Crippen molar-refractivity contribution in [2.75, 3.05) is 23.0 Å². The molecule has 14 heteroatoms. The van der Waals surface area contributed by atoms with E-state index in [4.69, 9.17) is 4.74 Å². The molecule has 0 spiro atoms. The SMILES string of the molecule is CC(C)(C)OC(=O)NCC(=O)N=C1S[C@H]2CS(=O)(=O)C[C@H]2N1c1ccc(OC(F)(F)F)cc1. The van der Waals surface area contributed by atoms with Gasteiger partial charge < -0.3 is 19.7 Å². The van der Waals surface area contributed by atoms with Crippen molar-refractivity contribution in [2.45, 2.75) is 44.0 Å². The number of hydrogen-bond donors (Lipinski definition) is 1. The van der Waals surface area contributed by atoms with E-state index in [1.54, 1.807) is 20.8 Å². The van der Waals surface area contributed by atoms with Crippen molar-refractivity contribution in [2.24, 2.45) is 4.99 Å². The first-order valence-corrected chi connectivity index (χ1v) is 12.4. The van der Waals surface area contributed by atoms with Gasteiger partial charge in [-0.1, -0.05) is 11.8 Å². The number of rotatable bonds is 4. The van der Waals surface area contributed by atoms with Crippen molar-refractivity contribution in [1.29, 1.82) is 0 Å². The minimum absolute atomic E-state index is 0.114. The Morgan fingerprint density at radius 3 is 2.39 bits per heavy atom. The van der Waals surface area contributed by atoms with E-state index in [0.717, 1.165) is 23.9 Å². The van der Waals surface area contributed by atoms with E-state index in [1.165, 1.54) is 17.0 Å². The zero-order valence-corrected chi connectivity index (χ0v) is 19.5. The highest BCUT2D eigenvalue weighted by molar-refractivity contribution is 8.16. The average molecular weight is 510 g/mol. The number of nitrogens with one attached hydrogen (secondary N) is 1. The van der Waals surface area contributed by atoms with Gasteiger partial charge in [0.25, 0.3) is 5.91 Å². The Morgan fingerprint density at radius 2 is 1.82 bits per heavy atom. The van der Waals surface area contributed by atoms with Crippen LogP contribution in [0, 0.1) is 0 Å². The number of halogens is 3. The topological polar surface area (TPSA) is 114 Å². The van der Waals surface area contributed by atoms with Gasteiger partial charge in [0.2, 0.25) is 0 Å². The molecule has 1 N–H and O–H groups in total. The number of carbonyl (C=O) groups is 2. The Labute approximate surface area is 192 Å².